The van der Waals surface area contributed by atoms with E-state index in [0.29, 0.717) is 0 Å². The summed E-state index contributed by atoms with van der Waals surface area (Å²) in [5.41, 5.74) is 2.78. The van der Waals surface area contributed by atoms with E-state index in [-0.39, 0.29) is 0 Å². The van der Waals surface area contributed by atoms with Crippen molar-refractivity contribution in [2.45, 2.75) is 52.9 Å². The van der Waals surface area contributed by atoms with E-state index in [1.807, 2.05) is 12.3 Å². The van der Waals surface area contributed by atoms with Gasteiger partial charge in [0.15, 0.2) is 0 Å². The van der Waals surface area contributed by atoms with Crippen LogP contribution in [0.2, 0.25) is 0 Å². The molecular formula is C18H27N. The molecule has 0 amide bonds. The highest BCUT2D eigenvalue weighted by atomic mass is 14.7. The Labute approximate surface area is 118 Å². The summed E-state index contributed by atoms with van der Waals surface area (Å²) in [6.45, 7) is 6.95. The Hall–Kier alpha value is -1.11. The normalized spacial score (nSPS) is 30.3. The maximum absolute atomic E-state index is 4.37. The number of aliphatic imine (C=N–C) groups is 1. The standard InChI is InChI=1S/C18H27N/c1-14(2)17(11-16-8-6-9-16)12-18-13-19-10-5-4-7-15(18)3/h4-5,7,10,13-14,16-17H,6,8-9,11-12H2,1-3H3/b5-4-,7-4?,10-5?,15-7+,18-13-,18-15?,19-10+,19-13?. The maximum Gasteiger partial charge on any atom is 0.0302 e. The summed E-state index contributed by atoms with van der Waals surface area (Å²) >= 11 is 0. The van der Waals surface area contributed by atoms with Crippen molar-refractivity contribution in [2.24, 2.45) is 22.7 Å². The van der Waals surface area contributed by atoms with Crippen molar-refractivity contribution in [3.8, 4) is 0 Å². The van der Waals surface area contributed by atoms with Gasteiger partial charge in [0.05, 0.1) is 0 Å². The van der Waals surface area contributed by atoms with Crippen molar-refractivity contribution in [3.05, 3.63) is 35.6 Å². The fraction of sp³-hybridized carbons (Fsp3) is 0.611. The van der Waals surface area contributed by atoms with Gasteiger partial charge in [0.1, 0.15) is 0 Å². The zero-order chi connectivity index (χ0) is 13.7. The second-order valence-electron chi connectivity index (χ2n) is 6.43. The molecule has 1 fully saturated rings. The van der Waals surface area contributed by atoms with Crippen LogP contribution in [-0.4, -0.2) is 6.21 Å². The van der Waals surface area contributed by atoms with Gasteiger partial charge in [-0.05, 0) is 54.7 Å². The molecule has 0 bridgehead atoms. The zero-order valence-electron chi connectivity index (χ0n) is 12.6. The lowest BCUT2D eigenvalue weighted by Gasteiger charge is -2.32. The summed E-state index contributed by atoms with van der Waals surface area (Å²) in [5.74, 6) is 2.56. The molecule has 2 rings (SSSR count). The van der Waals surface area contributed by atoms with E-state index in [4.69, 9.17) is 0 Å². The molecule has 1 nitrogen and oxygen atoms in total. The van der Waals surface area contributed by atoms with Crippen molar-refractivity contribution >= 4 is 6.21 Å². The number of nitrogens with zero attached hydrogens (tertiary/aromatic N) is 1. The van der Waals surface area contributed by atoms with Gasteiger partial charge in [-0.2, -0.15) is 0 Å². The summed E-state index contributed by atoms with van der Waals surface area (Å²) < 4.78 is 0. The van der Waals surface area contributed by atoms with Crippen LogP contribution < -0.4 is 0 Å². The summed E-state index contributed by atoms with van der Waals surface area (Å²) in [7, 11) is 0. The van der Waals surface area contributed by atoms with E-state index in [1.165, 1.54) is 43.3 Å². The first-order valence-corrected chi connectivity index (χ1v) is 7.73. The zero-order valence-corrected chi connectivity index (χ0v) is 12.6. The third-order valence-corrected chi connectivity index (χ3v) is 4.65. The number of allylic oxidation sites excluding steroid dienone is 5. The minimum Gasteiger partial charge on any atom is -0.264 e. The summed E-state index contributed by atoms with van der Waals surface area (Å²) in [4.78, 5) is 4.37. The Morgan fingerprint density at radius 1 is 1.26 bits per heavy atom. The van der Waals surface area contributed by atoms with Crippen molar-refractivity contribution in [2.75, 3.05) is 0 Å². The van der Waals surface area contributed by atoms with Crippen LogP contribution in [0.15, 0.2) is 40.6 Å². The van der Waals surface area contributed by atoms with Gasteiger partial charge in [0, 0.05) is 12.4 Å². The van der Waals surface area contributed by atoms with Gasteiger partial charge in [-0.3, -0.25) is 4.99 Å². The smallest absolute Gasteiger partial charge is 0.0302 e. The van der Waals surface area contributed by atoms with Crippen LogP contribution >= 0.6 is 0 Å². The SMILES string of the molecule is CC1=C\C=C/C=N/C=C\1CC(CC1CCC1)C(C)C. The van der Waals surface area contributed by atoms with Gasteiger partial charge in [0.25, 0.3) is 0 Å². The molecule has 0 aromatic rings. The Kier molecular flexibility index (Phi) is 5.18. The molecule has 2 aliphatic rings. The monoisotopic (exact) mass is 257 g/mol. The molecule has 1 unspecified atom stereocenters. The fourth-order valence-corrected chi connectivity index (χ4v) is 2.89. The van der Waals surface area contributed by atoms with Gasteiger partial charge in [-0.1, -0.05) is 45.3 Å². The molecule has 1 heteroatoms. The topological polar surface area (TPSA) is 12.4 Å². The predicted octanol–water partition coefficient (Wildman–Crippen LogP) is 5.31. The van der Waals surface area contributed by atoms with Crippen molar-refractivity contribution in [1.82, 2.24) is 0 Å². The number of hydrogen-bond acceptors (Lipinski definition) is 1. The lowest BCUT2D eigenvalue weighted by molar-refractivity contribution is 0.216. The Bertz CT molecular complexity index is 405. The molecule has 1 aliphatic heterocycles. The Balaban J connectivity index is 2.02. The predicted molar refractivity (Wildman–Crippen MR) is 84.4 cm³/mol. The third kappa shape index (κ3) is 4.19. The first kappa shape index (κ1) is 14.3. The van der Waals surface area contributed by atoms with Gasteiger partial charge in [-0.15, -0.1) is 0 Å². The van der Waals surface area contributed by atoms with Crippen molar-refractivity contribution < 1.29 is 0 Å². The molecule has 1 atom stereocenters. The van der Waals surface area contributed by atoms with E-state index in [1.54, 1.807) is 0 Å². The van der Waals surface area contributed by atoms with Crippen LogP contribution in [-0.2, 0) is 0 Å². The Morgan fingerprint density at radius 2 is 2.05 bits per heavy atom. The highest BCUT2D eigenvalue weighted by molar-refractivity contribution is 5.72. The molecule has 0 radical (unpaired) electrons. The molecule has 0 N–H and O–H groups in total. The molecule has 19 heavy (non-hydrogen) atoms. The molecule has 1 aliphatic carbocycles. The van der Waals surface area contributed by atoms with Crippen LogP contribution in [0.4, 0.5) is 0 Å². The lowest BCUT2D eigenvalue weighted by atomic mass is 9.74. The molecule has 1 heterocycles. The second-order valence-corrected chi connectivity index (χ2v) is 6.43. The quantitative estimate of drug-likeness (QED) is 0.633. The van der Waals surface area contributed by atoms with E-state index < -0.39 is 0 Å². The molecular weight excluding hydrogens is 230 g/mol. The highest BCUT2D eigenvalue weighted by Gasteiger charge is 2.24. The van der Waals surface area contributed by atoms with Crippen LogP contribution in [0.1, 0.15) is 52.9 Å². The van der Waals surface area contributed by atoms with Crippen LogP contribution in [0.25, 0.3) is 0 Å². The third-order valence-electron chi connectivity index (χ3n) is 4.65. The average Bonchev–Trinajstić information content (AvgIpc) is 2.30. The van der Waals surface area contributed by atoms with E-state index in [0.717, 1.165) is 17.8 Å². The average molecular weight is 257 g/mol. The first-order chi connectivity index (χ1) is 9.16. The van der Waals surface area contributed by atoms with Gasteiger partial charge >= 0.3 is 0 Å². The summed E-state index contributed by atoms with van der Waals surface area (Å²) in [5, 5.41) is 0. The molecule has 104 valence electrons. The number of rotatable bonds is 5. The molecule has 1 saturated carbocycles. The highest BCUT2D eigenvalue weighted by Crippen LogP contribution is 2.37. The van der Waals surface area contributed by atoms with E-state index >= 15 is 0 Å². The van der Waals surface area contributed by atoms with Crippen molar-refractivity contribution in [3.63, 3.8) is 0 Å². The summed E-state index contributed by atoms with van der Waals surface area (Å²) in [6.07, 6.45) is 17.2. The first-order valence-electron chi connectivity index (χ1n) is 7.73. The summed E-state index contributed by atoms with van der Waals surface area (Å²) in [6, 6.07) is 0. The van der Waals surface area contributed by atoms with Crippen molar-refractivity contribution in [1.29, 1.82) is 0 Å². The molecule has 0 saturated heterocycles. The minimum atomic E-state index is 0.763. The fourth-order valence-electron chi connectivity index (χ4n) is 2.89. The van der Waals surface area contributed by atoms with Gasteiger partial charge in [0.2, 0.25) is 0 Å². The van der Waals surface area contributed by atoms with Crippen LogP contribution in [0.3, 0.4) is 0 Å². The minimum absolute atomic E-state index is 0.763. The van der Waals surface area contributed by atoms with Gasteiger partial charge in [-0.25, -0.2) is 0 Å². The maximum atomic E-state index is 4.37. The molecule has 0 spiro atoms. The second kappa shape index (κ2) is 6.88. The lowest BCUT2D eigenvalue weighted by Crippen LogP contribution is -2.20. The number of hydrogen-bond donors (Lipinski definition) is 0. The molecule has 0 aromatic heterocycles. The van der Waals surface area contributed by atoms with E-state index in [9.17, 15) is 0 Å². The van der Waals surface area contributed by atoms with Crippen LogP contribution in [0.5, 0.6) is 0 Å². The Morgan fingerprint density at radius 3 is 2.68 bits per heavy atom. The largest absolute Gasteiger partial charge is 0.264 e. The van der Waals surface area contributed by atoms with Gasteiger partial charge < -0.3 is 0 Å². The molecule has 0 aromatic carbocycles. The van der Waals surface area contributed by atoms with Crippen LogP contribution in [0, 0.1) is 17.8 Å². The van der Waals surface area contributed by atoms with E-state index in [2.05, 4.69) is 44.1 Å².